The number of anilines is 1. The van der Waals surface area contributed by atoms with Crippen LogP contribution in [0.1, 0.15) is 48.1 Å². The number of aromatic nitrogens is 1. The molecular weight excluding hydrogens is 395 g/mol. The molecule has 0 spiro atoms. The quantitative estimate of drug-likeness (QED) is 0.730. The zero-order chi connectivity index (χ0) is 21.6. The van der Waals surface area contributed by atoms with Gasteiger partial charge in [0.25, 0.3) is 0 Å². The van der Waals surface area contributed by atoms with Gasteiger partial charge < -0.3 is 24.4 Å². The van der Waals surface area contributed by atoms with Gasteiger partial charge in [-0.2, -0.15) is 0 Å². The Labute approximate surface area is 171 Å². The molecule has 0 bridgehead atoms. The smallest absolute Gasteiger partial charge is 0.344 e. The third-order valence-electron chi connectivity index (χ3n) is 5.95. The van der Waals surface area contributed by atoms with Crippen LogP contribution in [0.5, 0.6) is 0 Å². The van der Waals surface area contributed by atoms with Crippen LogP contribution in [0.15, 0.2) is 17.1 Å². The van der Waals surface area contributed by atoms with Gasteiger partial charge in [-0.25, -0.2) is 14.0 Å². The number of aryl methyl sites for hydroxylation is 1. The Morgan fingerprint density at radius 2 is 1.97 bits per heavy atom. The molecule has 1 saturated heterocycles. The van der Waals surface area contributed by atoms with Crippen molar-refractivity contribution in [2.75, 3.05) is 24.6 Å². The Balaban J connectivity index is 1.88. The van der Waals surface area contributed by atoms with Gasteiger partial charge in [-0.3, -0.25) is 4.79 Å². The lowest BCUT2D eigenvalue weighted by Crippen LogP contribution is -2.37. The highest BCUT2D eigenvalue weighted by molar-refractivity contribution is 5.97. The molecule has 2 aliphatic rings. The first-order valence-corrected chi connectivity index (χ1v) is 10.00. The van der Waals surface area contributed by atoms with Crippen molar-refractivity contribution in [3.8, 4) is 0 Å². The van der Waals surface area contributed by atoms with Crippen molar-refractivity contribution in [1.29, 1.82) is 0 Å². The Bertz CT molecular complexity index is 1090. The predicted octanol–water partition coefficient (Wildman–Crippen LogP) is 1.85. The Morgan fingerprint density at radius 3 is 2.63 bits per heavy atom. The molecule has 2 aromatic rings. The van der Waals surface area contributed by atoms with Crippen LogP contribution < -0.4 is 10.3 Å². The van der Waals surface area contributed by atoms with Crippen LogP contribution in [0.4, 0.5) is 10.1 Å². The summed E-state index contributed by atoms with van der Waals surface area (Å²) in [6.45, 7) is 2.14. The number of carboxylic acids is 1. The van der Waals surface area contributed by atoms with Crippen molar-refractivity contribution >= 4 is 28.5 Å². The van der Waals surface area contributed by atoms with Gasteiger partial charge in [0.05, 0.1) is 17.3 Å². The van der Waals surface area contributed by atoms with Crippen molar-refractivity contribution in [2.45, 2.75) is 44.8 Å². The highest BCUT2D eigenvalue weighted by Gasteiger charge is 2.30. The molecule has 2 N–H and O–H groups in total. The van der Waals surface area contributed by atoms with Gasteiger partial charge in [-0.05, 0) is 38.7 Å². The highest BCUT2D eigenvalue weighted by Crippen LogP contribution is 2.38. The summed E-state index contributed by atoms with van der Waals surface area (Å²) in [5, 5.41) is 18.6. The summed E-state index contributed by atoms with van der Waals surface area (Å²) in [4.78, 5) is 37.9. The number of halogens is 1. The highest BCUT2D eigenvalue weighted by atomic mass is 19.1. The van der Waals surface area contributed by atoms with Crippen molar-refractivity contribution in [3.05, 3.63) is 39.4 Å². The Kier molecular flexibility index (Phi) is 5.23. The van der Waals surface area contributed by atoms with E-state index >= 15 is 4.39 Å². The minimum atomic E-state index is -1.33. The molecule has 0 saturated carbocycles. The SMILES string of the molecule is C[C@H]1CCc2c(N3CCC(O)CC3)c(F)cc3c(=O)c(C(=O)OCC(=O)O)cn1c23. The average Bonchev–Trinajstić information content (AvgIpc) is 2.71. The van der Waals surface area contributed by atoms with E-state index in [2.05, 4.69) is 4.74 Å². The summed E-state index contributed by atoms with van der Waals surface area (Å²) in [6, 6.07) is 1.12. The van der Waals surface area contributed by atoms with E-state index in [9.17, 15) is 19.5 Å². The molecule has 1 fully saturated rings. The fraction of sp³-hybridized carbons (Fsp3) is 0.476. The lowest BCUT2D eigenvalue weighted by Gasteiger charge is -2.36. The number of nitrogens with zero attached hydrogens (tertiary/aromatic N) is 2. The summed E-state index contributed by atoms with van der Waals surface area (Å²) >= 11 is 0. The third kappa shape index (κ3) is 3.43. The van der Waals surface area contributed by atoms with Gasteiger partial charge in [-0.1, -0.05) is 0 Å². The predicted molar refractivity (Wildman–Crippen MR) is 107 cm³/mol. The van der Waals surface area contributed by atoms with Crippen LogP contribution in [0.3, 0.4) is 0 Å². The lowest BCUT2D eigenvalue weighted by molar-refractivity contribution is -0.140. The number of carboxylic acid groups (broad SMARTS) is 1. The first-order valence-electron chi connectivity index (χ1n) is 10.00. The maximum absolute atomic E-state index is 15.2. The summed E-state index contributed by atoms with van der Waals surface area (Å²) < 4.78 is 21.7. The van der Waals surface area contributed by atoms with Gasteiger partial charge in [0.2, 0.25) is 5.43 Å². The van der Waals surface area contributed by atoms with E-state index in [-0.39, 0.29) is 17.0 Å². The number of pyridine rings is 1. The zero-order valence-corrected chi connectivity index (χ0v) is 16.6. The van der Waals surface area contributed by atoms with Crippen LogP contribution in [-0.4, -0.2) is 52.5 Å². The third-order valence-corrected chi connectivity index (χ3v) is 5.95. The van der Waals surface area contributed by atoms with Gasteiger partial charge >= 0.3 is 11.9 Å². The van der Waals surface area contributed by atoms with Crippen molar-refractivity contribution in [3.63, 3.8) is 0 Å². The number of ether oxygens (including phenoxy) is 1. The molecule has 1 aromatic carbocycles. The average molecular weight is 418 g/mol. The molecule has 1 atom stereocenters. The molecule has 0 aliphatic carbocycles. The number of hydrogen-bond acceptors (Lipinski definition) is 6. The van der Waals surface area contributed by atoms with Gasteiger partial charge in [0.15, 0.2) is 6.61 Å². The summed E-state index contributed by atoms with van der Waals surface area (Å²) in [5.74, 6) is -2.91. The number of benzene rings is 1. The summed E-state index contributed by atoms with van der Waals surface area (Å²) in [5.41, 5.74) is 0.789. The van der Waals surface area contributed by atoms with E-state index in [1.54, 1.807) is 4.57 Å². The molecule has 4 rings (SSSR count). The van der Waals surface area contributed by atoms with Gasteiger partial charge in [0.1, 0.15) is 11.4 Å². The minimum absolute atomic E-state index is 0.0342. The number of aliphatic hydroxyl groups is 1. The molecule has 0 radical (unpaired) electrons. The summed E-state index contributed by atoms with van der Waals surface area (Å²) in [6.07, 6.45) is 3.39. The number of carbonyl (C=O) groups is 2. The fourth-order valence-corrected chi connectivity index (χ4v) is 4.42. The molecule has 0 amide bonds. The number of esters is 1. The Morgan fingerprint density at radius 1 is 1.27 bits per heavy atom. The standard InChI is InChI=1S/C21H23FN2O6/c1-11-2-3-13-18-14(8-16(22)19(13)23-6-4-12(25)5-7-23)20(28)15(9-24(11)18)21(29)30-10-17(26)27/h8-9,11-12,25H,2-7,10H2,1H3,(H,26,27)/t11-/m0/s1. The molecule has 3 heterocycles. The van der Waals surface area contributed by atoms with Crippen LogP contribution in [0.2, 0.25) is 0 Å². The van der Waals surface area contributed by atoms with Gasteiger partial charge in [0, 0.05) is 36.3 Å². The fourth-order valence-electron chi connectivity index (χ4n) is 4.42. The van der Waals surface area contributed by atoms with E-state index in [1.165, 1.54) is 6.20 Å². The molecule has 160 valence electrons. The van der Waals surface area contributed by atoms with Crippen LogP contribution in [-0.2, 0) is 16.0 Å². The first-order chi connectivity index (χ1) is 14.3. The maximum Gasteiger partial charge on any atom is 0.344 e. The second-order valence-electron chi connectivity index (χ2n) is 7.94. The van der Waals surface area contributed by atoms with E-state index in [0.29, 0.717) is 50.0 Å². The van der Waals surface area contributed by atoms with Crippen LogP contribution >= 0.6 is 0 Å². The number of aliphatic hydroxyl groups excluding tert-OH is 1. The van der Waals surface area contributed by atoms with Crippen LogP contribution in [0.25, 0.3) is 10.9 Å². The van der Waals surface area contributed by atoms with E-state index in [0.717, 1.165) is 11.6 Å². The minimum Gasteiger partial charge on any atom is -0.479 e. The monoisotopic (exact) mass is 418 g/mol. The number of piperidine rings is 1. The second kappa shape index (κ2) is 7.71. The summed E-state index contributed by atoms with van der Waals surface area (Å²) in [7, 11) is 0. The molecule has 2 aliphatic heterocycles. The lowest BCUT2D eigenvalue weighted by atomic mass is 9.93. The first kappa shape index (κ1) is 20.3. The molecule has 1 aromatic heterocycles. The molecule has 30 heavy (non-hydrogen) atoms. The normalized spacial score (nSPS) is 19.2. The second-order valence-corrected chi connectivity index (χ2v) is 7.94. The van der Waals surface area contributed by atoms with Crippen molar-refractivity contribution in [2.24, 2.45) is 0 Å². The maximum atomic E-state index is 15.2. The van der Waals surface area contributed by atoms with E-state index in [4.69, 9.17) is 5.11 Å². The molecule has 8 nitrogen and oxygen atoms in total. The van der Waals surface area contributed by atoms with Crippen molar-refractivity contribution < 1.29 is 28.9 Å². The van der Waals surface area contributed by atoms with E-state index < -0.39 is 35.9 Å². The van der Waals surface area contributed by atoms with Gasteiger partial charge in [-0.15, -0.1) is 0 Å². The molecule has 0 unspecified atom stereocenters. The largest absolute Gasteiger partial charge is 0.479 e. The number of carbonyl (C=O) groups excluding carboxylic acids is 1. The van der Waals surface area contributed by atoms with Crippen molar-refractivity contribution in [1.82, 2.24) is 4.57 Å². The molecular formula is C21H23FN2O6. The Hall–Kier alpha value is -2.94. The molecule has 9 heteroatoms. The van der Waals surface area contributed by atoms with Crippen LogP contribution in [0, 0.1) is 5.82 Å². The zero-order valence-electron chi connectivity index (χ0n) is 16.6. The topological polar surface area (TPSA) is 109 Å². The van der Waals surface area contributed by atoms with E-state index in [1.807, 2.05) is 11.8 Å². The number of aliphatic carboxylic acids is 1. The number of rotatable bonds is 4. The number of hydrogen-bond donors (Lipinski definition) is 2.